The molecule has 1 amide bonds. The first kappa shape index (κ1) is 37.8. The van der Waals surface area contributed by atoms with Crippen LogP contribution in [0.25, 0.3) is 10.4 Å². The van der Waals surface area contributed by atoms with Crippen molar-refractivity contribution in [2.24, 2.45) is 5.11 Å². The van der Waals surface area contributed by atoms with Crippen LogP contribution in [0.5, 0.6) is 0 Å². The summed E-state index contributed by atoms with van der Waals surface area (Å²) >= 11 is 0. The molecule has 2 aliphatic heterocycles. The Bertz CT molecular complexity index is 1690. The molecule has 12 nitrogen and oxygen atoms in total. The summed E-state index contributed by atoms with van der Waals surface area (Å²) in [5.41, 5.74) is 10.7. The van der Waals surface area contributed by atoms with Crippen molar-refractivity contribution < 1.29 is 38.3 Å². The third-order valence-corrected chi connectivity index (χ3v) is 8.37. The van der Waals surface area contributed by atoms with E-state index in [1.807, 2.05) is 91.0 Å². The second-order valence-electron chi connectivity index (χ2n) is 13.9. The van der Waals surface area contributed by atoms with Gasteiger partial charge in [0, 0.05) is 4.91 Å². The molecule has 1 N–H and O–H groups in total. The van der Waals surface area contributed by atoms with Crippen LogP contribution in [0.15, 0.2) is 96.1 Å². The molecule has 2 aliphatic rings. The highest BCUT2D eigenvalue weighted by Gasteiger charge is 2.55. The van der Waals surface area contributed by atoms with Crippen LogP contribution in [0.2, 0.25) is 0 Å². The number of carbonyl (C=O) groups excluding carboxylic acids is 1. The molecule has 5 rings (SSSR count). The van der Waals surface area contributed by atoms with Gasteiger partial charge in [-0.3, -0.25) is 4.90 Å². The number of amides is 1. The SMILES string of the molecule is CC(C)(C)OC(=O)N1[C@@H](C#CC2(O)O[C@H](COCc3ccccc3)[C@H](OCc3ccccc3)[C@H](OCc3ccccc3)[C@H]2N=[N+]=[N-])COC1(C)C. The smallest absolute Gasteiger partial charge is 0.413 e. The molecule has 0 radical (unpaired) electrons. The van der Waals surface area contributed by atoms with E-state index in [9.17, 15) is 15.4 Å². The molecular weight excluding hydrogens is 652 g/mol. The maximum Gasteiger partial charge on any atom is 0.413 e. The minimum atomic E-state index is -2.38. The molecular formula is C39H46N4O8. The first-order valence-corrected chi connectivity index (χ1v) is 16.9. The molecule has 0 aliphatic carbocycles. The van der Waals surface area contributed by atoms with Crippen LogP contribution in [-0.4, -0.2) is 76.8 Å². The lowest BCUT2D eigenvalue weighted by Crippen LogP contribution is -2.65. The Morgan fingerprint density at radius 1 is 0.922 bits per heavy atom. The van der Waals surface area contributed by atoms with Gasteiger partial charge in [0.25, 0.3) is 0 Å². The zero-order valence-corrected chi connectivity index (χ0v) is 29.7. The minimum Gasteiger partial charge on any atom is -0.444 e. The third kappa shape index (κ3) is 10.1. The molecule has 12 heteroatoms. The second-order valence-corrected chi connectivity index (χ2v) is 13.9. The lowest BCUT2D eigenvalue weighted by molar-refractivity contribution is -0.304. The lowest BCUT2D eigenvalue weighted by Gasteiger charge is -2.47. The number of benzene rings is 3. The molecule has 3 aromatic carbocycles. The topological polar surface area (TPSA) is 145 Å². The zero-order chi connectivity index (χ0) is 36.5. The molecule has 270 valence electrons. The van der Waals surface area contributed by atoms with Gasteiger partial charge in [0.2, 0.25) is 5.79 Å². The largest absolute Gasteiger partial charge is 0.444 e. The molecule has 3 aromatic rings. The maximum atomic E-state index is 13.3. The van der Waals surface area contributed by atoms with Crippen LogP contribution in [0, 0.1) is 11.8 Å². The number of hydrogen-bond donors (Lipinski definition) is 1. The fraction of sp³-hybridized carbons (Fsp3) is 0.462. The maximum absolute atomic E-state index is 13.3. The van der Waals surface area contributed by atoms with Crippen molar-refractivity contribution in [3.8, 4) is 11.8 Å². The summed E-state index contributed by atoms with van der Waals surface area (Å²) in [4.78, 5) is 17.8. The van der Waals surface area contributed by atoms with Crippen LogP contribution in [-0.2, 0) is 48.2 Å². The second kappa shape index (κ2) is 16.7. The van der Waals surface area contributed by atoms with Gasteiger partial charge in [0.1, 0.15) is 41.7 Å². The molecule has 0 spiro atoms. The van der Waals surface area contributed by atoms with Crippen molar-refractivity contribution in [3.63, 3.8) is 0 Å². The number of azide groups is 1. The predicted molar refractivity (Wildman–Crippen MR) is 189 cm³/mol. The first-order chi connectivity index (χ1) is 24.4. The molecule has 2 fully saturated rings. The van der Waals surface area contributed by atoms with E-state index in [4.69, 9.17) is 28.4 Å². The molecule has 2 saturated heterocycles. The number of rotatable bonds is 11. The molecule has 0 aromatic heterocycles. The van der Waals surface area contributed by atoms with Crippen molar-refractivity contribution in [1.29, 1.82) is 0 Å². The summed E-state index contributed by atoms with van der Waals surface area (Å²) in [6.07, 6.45) is -3.46. The predicted octanol–water partition coefficient (Wildman–Crippen LogP) is 6.52. The van der Waals surface area contributed by atoms with Gasteiger partial charge in [-0.15, -0.1) is 0 Å². The van der Waals surface area contributed by atoms with Gasteiger partial charge in [0.15, 0.2) is 0 Å². The normalized spacial score (nSPS) is 25.7. The van der Waals surface area contributed by atoms with E-state index in [1.54, 1.807) is 34.6 Å². The van der Waals surface area contributed by atoms with Crippen molar-refractivity contribution in [3.05, 3.63) is 118 Å². The number of carbonyl (C=O) groups is 1. The summed E-state index contributed by atoms with van der Waals surface area (Å²) in [6, 6.07) is 26.5. The van der Waals surface area contributed by atoms with Crippen LogP contribution in [0.1, 0.15) is 51.3 Å². The summed E-state index contributed by atoms with van der Waals surface area (Å²) in [5, 5.41) is 16.3. The quantitative estimate of drug-likeness (QED) is 0.103. The zero-order valence-electron chi connectivity index (χ0n) is 29.7. The van der Waals surface area contributed by atoms with Crippen LogP contribution < -0.4 is 0 Å². The monoisotopic (exact) mass is 698 g/mol. The Morgan fingerprint density at radius 3 is 1.98 bits per heavy atom. The fourth-order valence-electron chi connectivity index (χ4n) is 5.96. The number of ether oxygens (including phenoxy) is 6. The van der Waals surface area contributed by atoms with E-state index >= 15 is 0 Å². The first-order valence-electron chi connectivity index (χ1n) is 16.9. The Kier molecular flexibility index (Phi) is 12.4. The van der Waals surface area contributed by atoms with E-state index in [1.165, 1.54) is 4.90 Å². The number of aliphatic hydroxyl groups is 1. The molecule has 2 heterocycles. The van der Waals surface area contributed by atoms with Crippen molar-refractivity contribution in [2.75, 3.05) is 13.2 Å². The summed E-state index contributed by atoms with van der Waals surface area (Å²) in [7, 11) is 0. The highest BCUT2D eigenvalue weighted by molar-refractivity contribution is 5.70. The molecule has 1 unspecified atom stereocenters. The Labute approximate surface area is 299 Å². The molecule has 0 bridgehead atoms. The van der Waals surface area contributed by atoms with Gasteiger partial charge in [-0.25, -0.2) is 4.79 Å². The summed E-state index contributed by atoms with van der Waals surface area (Å²) in [6.45, 7) is 9.36. The summed E-state index contributed by atoms with van der Waals surface area (Å²) < 4.78 is 37.0. The van der Waals surface area contributed by atoms with Gasteiger partial charge >= 0.3 is 6.09 Å². The van der Waals surface area contributed by atoms with Crippen molar-refractivity contribution in [1.82, 2.24) is 4.90 Å². The van der Waals surface area contributed by atoms with E-state index in [-0.39, 0.29) is 33.0 Å². The molecule has 0 saturated carbocycles. The Hall–Kier alpha value is -4.44. The average Bonchev–Trinajstić information content (AvgIpc) is 3.41. The van der Waals surface area contributed by atoms with Gasteiger partial charge < -0.3 is 33.5 Å². The highest BCUT2D eigenvalue weighted by atomic mass is 16.7. The van der Waals surface area contributed by atoms with E-state index in [0.717, 1.165) is 16.7 Å². The average molecular weight is 699 g/mol. The summed E-state index contributed by atoms with van der Waals surface area (Å²) in [5.74, 6) is 3.41. The van der Waals surface area contributed by atoms with Crippen LogP contribution >= 0.6 is 0 Å². The standard InChI is InChI=1S/C39H46N4O8/c1-37(2,3)51-36(44)43-31(26-49-38(43,4)5)21-22-39(45)35(41-42-40)34(48-25-30-19-13-8-14-20-30)33(47-24-29-17-11-7-12-18-29)32(50-39)27-46-23-28-15-9-6-10-16-28/h6-20,31-35,45H,23-27H2,1-5H3/t31-,32+,33-,34-,35+,39?/m0/s1. The highest BCUT2D eigenvalue weighted by Crippen LogP contribution is 2.36. The van der Waals surface area contributed by atoms with Gasteiger partial charge in [-0.05, 0) is 62.8 Å². The third-order valence-electron chi connectivity index (χ3n) is 8.37. The number of nitrogens with zero attached hydrogens (tertiary/aromatic N) is 4. The minimum absolute atomic E-state index is 0.0177. The Balaban J connectivity index is 1.51. The fourth-order valence-corrected chi connectivity index (χ4v) is 5.96. The Morgan fingerprint density at radius 2 is 1.45 bits per heavy atom. The van der Waals surface area contributed by atoms with E-state index in [0.29, 0.717) is 0 Å². The van der Waals surface area contributed by atoms with Gasteiger partial charge in [0.05, 0.1) is 33.0 Å². The van der Waals surface area contributed by atoms with Crippen molar-refractivity contribution >= 4 is 6.09 Å². The lowest BCUT2D eigenvalue weighted by atomic mass is 9.90. The molecule has 51 heavy (non-hydrogen) atoms. The van der Waals surface area contributed by atoms with E-state index < -0.39 is 53.6 Å². The number of hydrogen-bond acceptors (Lipinski definition) is 9. The van der Waals surface area contributed by atoms with Crippen molar-refractivity contribution in [2.45, 2.75) is 102 Å². The van der Waals surface area contributed by atoms with Crippen LogP contribution in [0.3, 0.4) is 0 Å². The van der Waals surface area contributed by atoms with Gasteiger partial charge in [-0.1, -0.05) is 102 Å². The van der Waals surface area contributed by atoms with Gasteiger partial charge in [-0.2, -0.15) is 0 Å². The van der Waals surface area contributed by atoms with Crippen LogP contribution in [0.4, 0.5) is 4.79 Å². The van der Waals surface area contributed by atoms with E-state index in [2.05, 4.69) is 21.9 Å². The molecule has 6 atom stereocenters.